The summed E-state index contributed by atoms with van der Waals surface area (Å²) in [6.45, 7) is 0. The first-order valence-corrected chi connectivity index (χ1v) is 4.04. The van der Waals surface area contributed by atoms with E-state index in [2.05, 4.69) is 4.98 Å². The minimum atomic E-state index is -1.43. The molecule has 0 bridgehead atoms. The number of benzene rings is 1. The fraction of sp³-hybridized carbons (Fsp3) is 0. The highest BCUT2D eigenvalue weighted by atomic mass is 16.4. The van der Waals surface area contributed by atoms with Crippen molar-refractivity contribution in [1.82, 2.24) is 4.98 Å². The minimum Gasteiger partial charge on any atom is -0.475 e. The van der Waals surface area contributed by atoms with Crippen molar-refractivity contribution in [3.8, 4) is 0 Å². The lowest BCUT2D eigenvalue weighted by Gasteiger charge is -1.97. The predicted molar refractivity (Wildman–Crippen MR) is 50.3 cm³/mol. The Hall–Kier alpha value is -2.10. The third-order valence-electron chi connectivity index (χ3n) is 2.03. The van der Waals surface area contributed by atoms with Crippen molar-refractivity contribution >= 4 is 22.7 Å². The van der Waals surface area contributed by atoms with Crippen LogP contribution in [0.4, 0.5) is 0 Å². The van der Waals surface area contributed by atoms with Crippen molar-refractivity contribution < 1.29 is 14.7 Å². The molecule has 0 fully saturated rings. The monoisotopic (exact) mass is 189 g/mol. The molecule has 1 aromatic carbocycles. The van der Waals surface area contributed by atoms with E-state index >= 15 is 0 Å². The lowest BCUT2D eigenvalue weighted by molar-refractivity contribution is -0.131. The molecule has 0 aliphatic carbocycles. The summed E-state index contributed by atoms with van der Waals surface area (Å²) in [6.07, 6.45) is 1.67. The zero-order chi connectivity index (χ0) is 10.1. The number of aromatic amines is 1. The minimum absolute atomic E-state index is 0.219. The highest BCUT2D eigenvalue weighted by Crippen LogP contribution is 2.17. The van der Waals surface area contributed by atoms with Gasteiger partial charge in [0, 0.05) is 22.7 Å². The molecule has 70 valence electrons. The number of aliphatic carboxylic acids is 1. The summed E-state index contributed by atoms with van der Waals surface area (Å²) < 4.78 is 0. The van der Waals surface area contributed by atoms with E-state index in [1.807, 2.05) is 0 Å². The van der Waals surface area contributed by atoms with Gasteiger partial charge >= 0.3 is 5.97 Å². The first-order chi connectivity index (χ1) is 6.70. The largest absolute Gasteiger partial charge is 0.475 e. The van der Waals surface area contributed by atoms with Crippen LogP contribution in [-0.2, 0) is 4.79 Å². The Morgan fingerprint density at radius 1 is 1.21 bits per heavy atom. The summed E-state index contributed by atoms with van der Waals surface area (Å²) in [6, 6.07) is 6.63. The maximum atomic E-state index is 11.2. The van der Waals surface area contributed by atoms with Gasteiger partial charge in [0.2, 0.25) is 0 Å². The summed E-state index contributed by atoms with van der Waals surface area (Å²) in [5, 5.41) is 9.21. The molecule has 0 aliphatic rings. The Balaban J connectivity index is 2.67. The van der Waals surface area contributed by atoms with Gasteiger partial charge in [0.15, 0.2) is 0 Å². The van der Waals surface area contributed by atoms with Crippen LogP contribution in [0.3, 0.4) is 0 Å². The van der Waals surface area contributed by atoms with Crippen LogP contribution in [0.25, 0.3) is 10.9 Å². The van der Waals surface area contributed by atoms with Crippen molar-refractivity contribution in [2.75, 3.05) is 0 Å². The Kier molecular flexibility index (Phi) is 1.81. The van der Waals surface area contributed by atoms with Gasteiger partial charge in [-0.3, -0.25) is 4.79 Å². The molecule has 2 aromatic rings. The lowest BCUT2D eigenvalue weighted by Crippen LogP contribution is -2.12. The van der Waals surface area contributed by atoms with Gasteiger partial charge in [0.1, 0.15) is 0 Å². The van der Waals surface area contributed by atoms with E-state index in [0.29, 0.717) is 5.39 Å². The highest BCUT2D eigenvalue weighted by Gasteiger charge is 2.16. The van der Waals surface area contributed by atoms with E-state index in [1.165, 1.54) is 6.07 Å². The van der Waals surface area contributed by atoms with Crippen LogP contribution in [0, 0.1) is 0 Å². The molecule has 4 heteroatoms. The Morgan fingerprint density at radius 2 is 2.00 bits per heavy atom. The number of carboxylic acids is 1. The molecule has 4 nitrogen and oxygen atoms in total. The molecular weight excluding hydrogens is 182 g/mol. The number of hydrogen-bond acceptors (Lipinski definition) is 2. The van der Waals surface area contributed by atoms with Gasteiger partial charge in [-0.05, 0) is 12.1 Å². The topological polar surface area (TPSA) is 70.2 Å². The molecule has 0 spiro atoms. The first kappa shape index (κ1) is 8.50. The summed E-state index contributed by atoms with van der Waals surface area (Å²) >= 11 is 0. The fourth-order valence-electron chi connectivity index (χ4n) is 1.40. The zero-order valence-corrected chi connectivity index (χ0v) is 7.15. The Bertz CT molecular complexity index is 513. The fourth-order valence-corrected chi connectivity index (χ4v) is 1.40. The van der Waals surface area contributed by atoms with E-state index < -0.39 is 11.8 Å². The van der Waals surface area contributed by atoms with E-state index in [1.54, 1.807) is 24.4 Å². The van der Waals surface area contributed by atoms with E-state index in [4.69, 9.17) is 5.11 Å². The Labute approximate surface area is 79.2 Å². The normalized spacial score (nSPS) is 10.3. The molecular formula is C10H7NO3. The molecule has 0 amide bonds. The number of nitrogens with one attached hydrogen (secondary N) is 1. The van der Waals surface area contributed by atoms with Crippen LogP contribution >= 0.6 is 0 Å². The summed E-state index contributed by atoms with van der Waals surface area (Å²) in [7, 11) is 0. The predicted octanol–water partition coefficient (Wildman–Crippen LogP) is 1.44. The number of aromatic nitrogens is 1. The van der Waals surface area contributed by atoms with Gasteiger partial charge in [0.25, 0.3) is 5.78 Å². The zero-order valence-electron chi connectivity index (χ0n) is 7.15. The van der Waals surface area contributed by atoms with E-state index in [-0.39, 0.29) is 5.56 Å². The maximum Gasteiger partial charge on any atom is 0.377 e. The van der Waals surface area contributed by atoms with Crippen LogP contribution in [0.5, 0.6) is 0 Å². The second-order valence-corrected chi connectivity index (χ2v) is 2.88. The van der Waals surface area contributed by atoms with Crippen molar-refractivity contribution in [1.29, 1.82) is 0 Å². The number of Topliss-reactive ketones (excluding diaryl/α,β-unsaturated/α-hetero) is 1. The number of carbonyl (C=O) groups excluding carboxylic acids is 1. The average molecular weight is 189 g/mol. The molecule has 0 saturated carbocycles. The number of carboxylic acid groups (broad SMARTS) is 1. The van der Waals surface area contributed by atoms with E-state index in [0.717, 1.165) is 5.52 Å². The molecule has 0 unspecified atom stereocenters. The van der Waals surface area contributed by atoms with Crippen LogP contribution in [0.15, 0.2) is 30.5 Å². The third kappa shape index (κ3) is 1.17. The van der Waals surface area contributed by atoms with Crippen LogP contribution in [-0.4, -0.2) is 21.8 Å². The number of H-pyrrole nitrogens is 1. The van der Waals surface area contributed by atoms with Gasteiger partial charge in [-0.2, -0.15) is 0 Å². The molecule has 1 heterocycles. The maximum absolute atomic E-state index is 11.2. The van der Waals surface area contributed by atoms with Crippen LogP contribution in [0.2, 0.25) is 0 Å². The molecule has 0 aliphatic heterocycles. The molecule has 0 radical (unpaired) electrons. The number of fused-ring (bicyclic) bond motifs is 1. The number of ketones is 1. The van der Waals surface area contributed by atoms with Crippen molar-refractivity contribution in [3.05, 3.63) is 36.0 Å². The van der Waals surface area contributed by atoms with Gasteiger partial charge in [0.05, 0.1) is 0 Å². The number of rotatable bonds is 2. The number of carbonyl (C=O) groups is 2. The summed E-state index contributed by atoms with van der Waals surface area (Å²) in [5.41, 5.74) is 0.980. The second kappa shape index (κ2) is 2.99. The van der Waals surface area contributed by atoms with Gasteiger partial charge in [-0.25, -0.2) is 4.79 Å². The van der Waals surface area contributed by atoms with Gasteiger partial charge in [-0.15, -0.1) is 0 Å². The third-order valence-corrected chi connectivity index (χ3v) is 2.03. The molecule has 2 N–H and O–H groups in total. The second-order valence-electron chi connectivity index (χ2n) is 2.88. The molecule has 2 rings (SSSR count). The standard InChI is InChI=1S/C10H7NO3/c12-9(10(13)14)7-2-1-3-8-6(7)4-5-11-8/h1-5,11H,(H,13,14). The molecule has 0 saturated heterocycles. The van der Waals surface area contributed by atoms with E-state index in [9.17, 15) is 9.59 Å². The quantitative estimate of drug-likeness (QED) is 0.554. The first-order valence-electron chi connectivity index (χ1n) is 4.04. The summed E-state index contributed by atoms with van der Waals surface area (Å²) in [5.74, 6) is -2.31. The smallest absolute Gasteiger partial charge is 0.377 e. The molecule has 1 aromatic heterocycles. The van der Waals surface area contributed by atoms with Crippen molar-refractivity contribution in [3.63, 3.8) is 0 Å². The number of hydrogen-bond donors (Lipinski definition) is 2. The SMILES string of the molecule is O=C(O)C(=O)c1cccc2[nH]ccc12. The van der Waals surface area contributed by atoms with Crippen LogP contribution < -0.4 is 0 Å². The lowest BCUT2D eigenvalue weighted by atomic mass is 10.1. The average Bonchev–Trinajstić information content (AvgIpc) is 2.63. The molecule has 0 atom stereocenters. The Morgan fingerprint density at radius 3 is 2.71 bits per heavy atom. The van der Waals surface area contributed by atoms with Crippen LogP contribution in [0.1, 0.15) is 10.4 Å². The van der Waals surface area contributed by atoms with Gasteiger partial charge < -0.3 is 10.1 Å². The summed E-state index contributed by atoms with van der Waals surface area (Å²) in [4.78, 5) is 24.7. The van der Waals surface area contributed by atoms with Crippen molar-refractivity contribution in [2.45, 2.75) is 0 Å². The molecule has 14 heavy (non-hydrogen) atoms. The highest BCUT2D eigenvalue weighted by molar-refractivity contribution is 6.42. The van der Waals surface area contributed by atoms with Crippen molar-refractivity contribution in [2.24, 2.45) is 0 Å². The van der Waals surface area contributed by atoms with Gasteiger partial charge in [-0.1, -0.05) is 12.1 Å².